The van der Waals surface area contributed by atoms with Crippen molar-refractivity contribution in [2.24, 2.45) is 11.0 Å². The summed E-state index contributed by atoms with van der Waals surface area (Å²) >= 11 is 3.37. The van der Waals surface area contributed by atoms with Gasteiger partial charge in [-0.15, -0.1) is 0 Å². The molecule has 0 saturated carbocycles. The first-order valence-corrected chi connectivity index (χ1v) is 8.78. The van der Waals surface area contributed by atoms with E-state index >= 15 is 0 Å². The van der Waals surface area contributed by atoms with Crippen LogP contribution in [-0.2, 0) is 9.59 Å². The first kappa shape index (κ1) is 17.4. The summed E-state index contributed by atoms with van der Waals surface area (Å²) in [5.74, 6) is -0.687. The summed E-state index contributed by atoms with van der Waals surface area (Å²) < 4.78 is 0.947. The molecule has 25 heavy (non-hydrogen) atoms. The second-order valence-electron chi connectivity index (χ2n) is 6.03. The highest BCUT2D eigenvalue weighted by molar-refractivity contribution is 9.10. The van der Waals surface area contributed by atoms with Crippen molar-refractivity contribution in [3.8, 4) is 0 Å². The van der Waals surface area contributed by atoms with Crippen LogP contribution < -0.4 is 10.3 Å². The molecule has 0 aliphatic carbocycles. The lowest BCUT2D eigenvalue weighted by Crippen LogP contribution is -2.30. The molecule has 0 spiro atoms. The normalized spacial score (nSPS) is 17.3. The molecule has 1 aliphatic heterocycles. The summed E-state index contributed by atoms with van der Waals surface area (Å²) in [4.78, 5) is 26.1. The lowest BCUT2D eigenvalue weighted by Gasteiger charge is -2.16. The number of carbonyl (C=O) groups excluding carboxylic acids is 2. The third-order valence-electron chi connectivity index (χ3n) is 4.10. The monoisotopic (exact) mass is 399 g/mol. The number of hydrazone groups is 1. The van der Waals surface area contributed by atoms with E-state index in [2.05, 4.69) is 26.5 Å². The number of anilines is 1. The van der Waals surface area contributed by atoms with Crippen LogP contribution in [0, 0.1) is 12.8 Å². The van der Waals surface area contributed by atoms with Gasteiger partial charge < -0.3 is 4.90 Å². The molecule has 3 rings (SSSR count). The second kappa shape index (κ2) is 7.61. The average molecular weight is 400 g/mol. The highest BCUT2D eigenvalue weighted by Gasteiger charge is 2.35. The molecule has 0 unspecified atom stereocenters. The highest BCUT2D eigenvalue weighted by atomic mass is 79.9. The quantitative estimate of drug-likeness (QED) is 0.633. The van der Waals surface area contributed by atoms with Crippen molar-refractivity contribution in [3.63, 3.8) is 0 Å². The second-order valence-corrected chi connectivity index (χ2v) is 6.94. The lowest BCUT2D eigenvalue weighted by atomic mass is 10.1. The largest absolute Gasteiger partial charge is 0.312 e. The zero-order valence-corrected chi connectivity index (χ0v) is 15.4. The van der Waals surface area contributed by atoms with Crippen LogP contribution in [0.3, 0.4) is 0 Å². The van der Waals surface area contributed by atoms with E-state index in [0.29, 0.717) is 6.54 Å². The van der Waals surface area contributed by atoms with Crippen molar-refractivity contribution in [3.05, 3.63) is 64.1 Å². The summed E-state index contributed by atoms with van der Waals surface area (Å²) in [5.41, 5.74) is 5.40. The van der Waals surface area contributed by atoms with E-state index in [-0.39, 0.29) is 18.2 Å². The molecule has 128 valence electrons. The van der Waals surface area contributed by atoms with Crippen LogP contribution in [0.1, 0.15) is 17.5 Å². The van der Waals surface area contributed by atoms with Gasteiger partial charge in [-0.3, -0.25) is 9.59 Å². The molecule has 1 fully saturated rings. The Morgan fingerprint density at radius 2 is 1.88 bits per heavy atom. The topological polar surface area (TPSA) is 61.8 Å². The highest BCUT2D eigenvalue weighted by Crippen LogP contribution is 2.26. The number of nitrogens with one attached hydrogen (secondary N) is 1. The Hall–Kier alpha value is -2.47. The maximum atomic E-state index is 12.3. The van der Waals surface area contributed by atoms with Crippen LogP contribution in [0.15, 0.2) is 58.1 Å². The Kier molecular flexibility index (Phi) is 5.28. The zero-order valence-electron chi connectivity index (χ0n) is 13.8. The number of rotatable bonds is 4. The Morgan fingerprint density at radius 1 is 1.20 bits per heavy atom. The number of halogens is 1. The van der Waals surface area contributed by atoms with Crippen LogP contribution in [-0.4, -0.2) is 24.6 Å². The zero-order chi connectivity index (χ0) is 17.8. The number of aryl methyl sites for hydroxylation is 1. The maximum Gasteiger partial charge on any atom is 0.245 e. The smallest absolute Gasteiger partial charge is 0.245 e. The van der Waals surface area contributed by atoms with Gasteiger partial charge in [0.05, 0.1) is 12.1 Å². The van der Waals surface area contributed by atoms with Gasteiger partial charge >= 0.3 is 0 Å². The van der Waals surface area contributed by atoms with Crippen LogP contribution in [0.2, 0.25) is 0 Å². The van der Waals surface area contributed by atoms with Gasteiger partial charge in [-0.25, -0.2) is 5.43 Å². The summed E-state index contributed by atoms with van der Waals surface area (Å²) in [6.07, 6.45) is 1.79. The minimum Gasteiger partial charge on any atom is -0.312 e. The van der Waals surface area contributed by atoms with Crippen molar-refractivity contribution < 1.29 is 9.59 Å². The van der Waals surface area contributed by atoms with E-state index in [1.807, 2.05) is 55.5 Å². The predicted octanol–water partition coefficient (Wildman–Crippen LogP) is 3.26. The van der Waals surface area contributed by atoms with Crippen molar-refractivity contribution in [2.75, 3.05) is 11.4 Å². The van der Waals surface area contributed by atoms with Gasteiger partial charge in [0.1, 0.15) is 0 Å². The van der Waals surface area contributed by atoms with Crippen molar-refractivity contribution >= 4 is 39.6 Å². The number of hydrogen-bond donors (Lipinski definition) is 1. The molecule has 0 radical (unpaired) electrons. The molecule has 2 aromatic carbocycles. The van der Waals surface area contributed by atoms with E-state index in [0.717, 1.165) is 15.7 Å². The minimum absolute atomic E-state index is 0.0509. The molecule has 1 aliphatic rings. The van der Waals surface area contributed by atoms with Gasteiger partial charge in [-0.1, -0.05) is 45.8 Å². The van der Waals surface area contributed by atoms with Crippen LogP contribution in [0.25, 0.3) is 0 Å². The third kappa shape index (κ3) is 4.33. The molecule has 2 amide bonds. The number of carbonyl (C=O) groups is 2. The van der Waals surface area contributed by atoms with E-state index < -0.39 is 5.92 Å². The first-order valence-electron chi connectivity index (χ1n) is 7.98. The fourth-order valence-corrected chi connectivity index (χ4v) is 2.93. The van der Waals surface area contributed by atoms with E-state index in [9.17, 15) is 9.59 Å². The molecule has 0 bridgehead atoms. The number of amides is 2. The van der Waals surface area contributed by atoms with Gasteiger partial charge in [0.15, 0.2) is 0 Å². The fourth-order valence-electron chi connectivity index (χ4n) is 2.67. The molecular weight excluding hydrogens is 382 g/mol. The first-order chi connectivity index (χ1) is 12.0. The van der Waals surface area contributed by atoms with Crippen molar-refractivity contribution in [2.45, 2.75) is 13.3 Å². The van der Waals surface area contributed by atoms with Gasteiger partial charge in [0.25, 0.3) is 0 Å². The predicted molar refractivity (Wildman–Crippen MR) is 102 cm³/mol. The van der Waals surface area contributed by atoms with Crippen molar-refractivity contribution in [1.82, 2.24) is 5.43 Å². The Labute approximate surface area is 154 Å². The molecule has 1 atom stereocenters. The molecule has 6 heteroatoms. The number of hydrogen-bond acceptors (Lipinski definition) is 3. The lowest BCUT2D eigenvalue weighted by molar-refractivity contribution is -0.126. The molecule has 1 N–H and O–H groups in total. The van der Waals surface area contributed by atoms with Crippen LogP contribution in [0.5, 0.6) is 0 Å². The Bertz CT molecular complexity index is 800. The third-order valence-corrected chi connectivity index (χ3v) is 4.63. The Morgan fingerprint density at radius 3 is 2.56 bits per heavy atom. The van der Waals surface area contributed by atoms with E-state index in [1.165, 1.54) is 5.56 Å². The SMILES string of the molecule is Cc1ccc(/C=N\NC(=O)[C@@H]2CC(=O)N(c3ccc(Br)cc3)C2)cc1. The van der Waals surface area contributed by atoms with Gasteiger partial charge in [-0.05, 0) is 36.8 Å². The summed E-state index contributed by atoms with van der Waals surface area (Å²) in [7, 11) is 0. The van der Waals surface area contributed by atoms with E-state index in [4.69, 9.17) is 0 Å². The summed E-state index contributed by atoms with van der Waals surface area (Å²) in [6.45, 7) is 2.38. The van der Waals surface area contributed by atoms with Gasteiger partial charge in [-0.2, -0.15) is 5.10 Å². The summed E-state index contributed by atoms with van der Waals surface area (Å²) in [6, 6.07) is 15.3. The molecular formula is C19H18BrN3O2. The molecule has 5 nitrogen and oxygen atoms in total. The van der Waals surface area contributed by atoms with Gasteiger partial charge in [0, 0.05) is 23.1 Å². The maximum absolute atomic E-state index is 12.3. The fraction of sp³-hybridized carbons (Fsp3) is 0.211. The van der Waals surface area contributed by atoms with Crippen LogP contribution >= 0.6 is 15.9 Å². The van der Waals surface area contributed by atoms with Crippen molar-refractivity contribution in [1.29, 1.82) is 0 Å². The summed E-state index contributed by atoms with van der Waals surface area (Å²) in [5, 5.41) is 3.99. The standard InChI is InChI=1S/C19H18BrN3O2/c1-13-2-4-14(5-3-13)11-21-22-19(25)15-10-18(24)23(12-15)17-8-6-16(20)7-9-17/h2-9,11,15H,10,12H2,1H3,(H,22,25)/b21-11-/t15-/m1/s1. The van der Waals surface area contributed by atoms with E-state index in [1.54, 1.807) is 11.1 Å². The number of nitrogens with zero attached hydrogens (tertiary/aromatic N) is 2. The molecule has 1 saturated heterocycles. The van der Waals surface area contributed by atoms with Gasteiger partial charge in [0.2, 0.25) is 11.8 Å². The molecule has 2 aromatic rings. The Balaban J connectivity index is 1.59. The minimum atomic E-state index is -0.397. The van der Waals surface area contributed by atoms with Crippen LogP contribution in [0.4, 0.5) is 5.69 Å². The number of benzene rings is 2. The average Bonchev–Trinajstić information content (AvgIpc) is 2.99. The molecule has 1 heterocycles. The molecule has 0 aromatic heterocycles.